The molecule has 23 heavy (non-hydrogen) atoms. The number of fused-ring (bicyclic) bond motifs is 2. The first kappa shape index (κ1) is 15.2. The molecule has 0 fully saturated rings. The second-order valence-corrected chi connectivity index (χ2v) is 5.80. The van der Waals surface area contributed by atoms with Gasteiger partial charge >= 0.3 is 5.97 Å². The minimum atomic E-state index is -0.861. The van der Waals surface area contributed by atoms with Gasteiger partial charge in [0.05, 0.1) is 5.56 Å². The third kappa shape index (κ3) is 2.29. The number of carbonyl (C=O) groups is 3. The average Bonchev–Trinajstić information content (AvgIpc) is 2.78. The Labute approximate surface area is 133 Å². The maximum absolute atomic E-state index is 12.9. The molecule has 0 unspecified atom stereocenters. The number of benzene rings is 1. The number of rotatable bonds is 4. The zero-order chi connectivity index (χ0) is 16.7. The van der Waals surface area contributed by atoms with Gasteiger partial charge in [-0.1, -0.05) is 24.3 Å². The molecule has 3 rings (SSSR count). The summed E-state index contributed by atoms with van der Waals surface area (Å²) in [6.45, 7) is 1.86. The minimum absolute atomic E-state index is 0.0435. The SMILES string of the molecule is Cc1c(CCCC(=O)O)c2c(n1C)C(=O)c1ccccc1C2=O. The summed E-state index contributed by atoms with van der Waals surface area (Å²) in [5.74, 6) is -1.16. The molecular formula is C18H17NO4. The van der Waals surface area contributed by atoms with Gasteiger partial charge in [-0.15, -0.1) is 0 Å². The standard InChI is InChI=1S/C18H17NO4/c1-10-11(8-5-9-14(20)21)15-16(19(10)2)18(23)13-7-4-3-6-12(13)17(15)22/h3-4,6-7H,5,8-9H2,1-2H3,(H,20,21). The fourth-order valence-corrected chi connectivity index (χ4v) is 3.24. The van der Waals surface area contributed by atoms with E-state index in [9.17, 15) is 14.4 Å². The van der Waals surface area contributed by atoms with E-state index in [1.54, 1.807) is 35.9 Å². The van der Waals surface area contributed by atoms with Crippen LogP contribution in [0.1, 0.15) is 56.1 Å². The number of carbonyl (C=O) groups excluding carboxylic acids is 2. The fourth-order valence-electron chi connectivity index (χ4n) is 3.24. The van der Waals surface area contributed by atoms with Gasteiger partial charge in [-0.05, 0) is 25.3 Å². The van der Waals surface area contributed by atoms with E-state index in [2.05, 4.69) is 0 Å². The predicted octanol–water partition coefficient (Wildman–Crippen LogP) is 2.52. The van der Waals surface area contributed by atoms with Gasteiger partial charge in [-0.2, -0.15) is 0 Å². The second kappa shape index (κ2) is 5.50. The number of aromatic nitrogens is 1. The molecule has 2 aromatic rings. The highest BCUT2D eigenvalue weighted by molar-refractivity contribution is 6.28. The number of hydrogen-bond acceptors (Lipinski definition) is 3. The molecule has 1 aromatic carbocycles. The summed E-state index contributed by atoms with van der Waals surface area (Å²) >= 11 is 0. The lowest BCUT2D eigenvalue weighted by Crippen LogP contribution is -2.22. The maximum atomic E-state index is 12.9. The molecule has 5 heteroatoms. The van der Waals surface area contributed by atoms with Crippen LogP contribution in [0, 0.1) is 6.92 Å². The number of aliphatic carboxylic acids is 1. The monoisotopic (exact) mass is 311 g/mol. The molecule has 1 aliphatic rings. The lowest BCUT2D eigenvalue weighted by molar-refractivity contribution is -0.137. The van der Waals surface area contributed by atoms with Gasteiger partial charge in [-0.3, -0.25) is 14.4 Å². The van der Waals surface area contributed by atoms with E-state index < -0.39 is 5.97 Å². The summed E-state index contributed by atoms with van der Waals surface area (Å²) in [5, 5.41) is 8.80. The van der Waals surface area contributed by atoms with Crippen LogP contribution >= 0.6 is 0 Å². The molecule has 118 valence electrons. The summed E-state index contributed by atoms with van der Waals surface area (Å²) in [7, 11) is 1.77. The molecule has 0 bridgehead atoms. The van der Waals surface area contributed by atoms with Crippen LogP contribution in [0.3, 0.4) is 0 Å². The molecule has 0 saturated carbocycles. The zero-order valence-corrected chi connectivity index (χ0v) is 13.0. The first-order valence-corrected chi connectivity index (χ1v) is 7.51. The Morgan fingerprint density at radius 3 is 2.35 bits per heavy atom. The smallest absolute Gasteiger partial charge is 0.303 e. The third-order valence-corrected chi connectivity index (χ3v) is 4.49. The first-order chi connectivity index (χ1) is 10.9. The molecule has 0 spiro atoms. The van der Waals surface area contributed by atoms with Crippen LogP contribution in [0.25, 0.3) is 0 Å². The van der Waals surface area contributed by atoms with Crippen molar-refractivity contribution in [2.24, 2.45) is 7.05 Å². The van der Waals surface area contributed by atoms with Crippen molar-refractivity contribution >= 4 is 17.5 Å². The van der Waals surface area contributed by atoms with Crippen molar-refractivity contribution in [2.45, 2.75) is 26.2 Å². The number of ketones is 2. The van der Waals surface area contributed by atoms with Crippen LogP contribution in [0.5, 0.6) is 0 Å². The average molecular weight is 311 g/mol. The number of nitrogens with zero attached hydrogens (tertiary/aromatic N) is 1. The van der Waals surface area contributed by atoms with Crippen molar-refractivity contribution < 1.29 is 19.5 Å². The summed E-state index contributed by atoms with van der Waals surface area (Å²) in [5.41, 5.74) is 3.35. The van der Waals surface area contributed by atoms with Crippen molar-refractivity contribution in [3.63, 3.8) is 0 Å². The van der Waals surface area contributed by atoms with Gasteiger partial charge in [0, 0.05) is 30.3 Å². The fraction of sp³-hybridized carbons (Fsp3) is 0.278. The van der Waals surface area contributed by atoms with E-state index >= 15 is 0 Å². The number of carboxylic acids is 1. The lowest BCUT2D eigenvalue weighted by atomic mass is 9.85. The maximum Gasteiger partial charge on any atom is 0.303 e. The van der Waals surface area contributed by atoms with E-state index in [0.29, 0.717) is 35.2 Å². The topological polar surface area (TPSA) is 76.4 Å². The van der Waals surface area contributed by atoms with Gasteiger partial charge in [0.25, 0.3) is 0 Å². The van der Waals surface area contributed by atoms with Gasteiger partial charge in [-0.25, -0.2) is 0 Å². The predicted molar refractivity (Wildman–Crippen MR) is 84.0 cm³/mol. The molecule has 1 heterocycles. The molecule has 5 nitrogen and oxygen atoms in total. The van der Waals surface area contributed by atoms with E-state index in [0.717, 1.165) is 11.3 Å². The number of hydrogen-bond donors (Lipinski definition) is 1. The Bertz CT molecular complexity index is 845. The van der Waals surface area contributed by atoms with Gasteiger partial charge < -0.3 is 9.67 Å². The van der Waals surface area contributed by atoms with Crippen LogP contribution in [0.15, 0.2) is 24.3 Å². The van der Waals surface area contributed by atoms with Crippen LogP contribution in [0.2, 0.25) is 0 Å². The highest BCUT2D eigenvalue weighted by atomic mass is 16.4. The molecule has 0 radical (unpaired) electrons. The van der Waals surface area contributed by atoms with E-state index in [-0.39, 0.29) is 18.0 Å². The van der Waals surface area contributed by atoms with Gasteiger partial charge in [0.2, 0.25) is 5.78 Å². The number of carboxylic acid groups (broad SMARTS) is 1. The molecule has 0 saturated heterocycles. The third-order valence-electron chi connectivity index (χ3n) is 4.49. The highest BCUT2D eigenvalue weighted by Crippen LogP contribution is 2.33. The summed E-state index contributed by atoms with van der Waals surface area (Å²) in [4.78, 5) is 36.3. The van der Waals surface area contributed by atoms with Gasteiger partial charge in [0.15, 0.2) is 5.78 Å². The molecular weight excluding hydrogens is 294 g/mol. The normalized spacial score (nSPS) is 13.0. The molecule has 1 N–H and O–H groups in total. The van der Waals surface area contributed by atoms with Crippen molar-refractivity contribution in [1.29, 1.82) is 0 Å². The Balaban J connectivity index is 2.11. The Kier molecular flexibility index (Phi) is 3.64. The Morgan fingerprint density at radius 1 is 1.13 bits per heavy atom. The summed E-state index contributed by atoms with van der Waals surface area (Å²) in [6.07, 6.45) is 0.958. The van der Waals surface area contributed by atoms with Crippen molar-refractivity contribution in [3.05, 3.63) is 57.9 Å². The quantitative estimate of drug-likeness (QED) is 0.803. The highest BCUT2D eigenvalue weighted by Gasteiger charge is 2.35. The van der Waals surface area contributed by atoms with Gasteiger partial charge in [0.1, 0.15) is 5.69 Å². The lowest BCUT2D eigenvalue weighted by Gasteiger charge is -2.16. The van der Waals surface area contributed by atoms with E-state index in [4.69, 9.17) is 5.11 Å². The van der Waals surface area contributed by atoms with Crippen molar-refractivity contribution in [1.82, 2.24) is 4.57 Å². The zero-order valence-electron chi connectivity index (χ0n) is 13.0. The van der Waals surface area contributed by atoms with Crippen LogP contribution in [0.4, 0.5) is 0 Å². The van der Waals surface area contributed by atoms with Crippen molar-refractivity contribution in [3.8, 4) is 0 Å². The molecule has 0 aliphatic heterocycles. The van der Waals surface area contributed by atoms with E-state index in [1.807, 2.05) is 6.92 Å². The van der Waals surface area contributed by atoms with Crippen LogP contribution in [-0.2, 0) is 18.3 Å². The first-order valence-electron chi connectivity index (χ1n) is 7.51. The van der Waals surface area contributed by atoms with Crippen LogP contribution in [-0.4, -0.2) is 27.2 Å². The molecule has 1 aromatic heterocycles. The minimum Gasteiger partial charge on any atom is -0.481 e. The summed E-state index contributed by atoms with van der Waals surface area (Å²) < 4.78 is 1.75. The van der Waals surface area contributed by atoms with Crippen LogP contribution < -0.4 is 0 Å². The molecule has 0 amide bonds. The van der Waals surface area contributed by atoms with Crippen molar-refractivity contribution in [2.75, 3.05) is 0 Å². The Hall–Kier alpha value is -2.69. The van der Waals surface area contributed by atoms with E-state index in [1.165, 1.54) is 0 Å². The molecule has 0 atom stereocenters. The second-order valence-electron chi connectivity index (χ2n) is 5.80. The largest absolute Gasteiger partial charge is 0.481 e. The molecule has 1 aliphatic carbocycles. The summed E-state index contributed by atoms with van der Waals surface area (Å²) in [6, 6.07) is 6.83. The Morgan fingerprint density at radius 2 is 1.74 bits per heavy atom.